The molecule has 2 N–H and O–H groups in total. The van der Waals surface area contributed by atoms with E-state index in [0.717, 1.165) is 0 Å². The van der Waals surface area contributed by atoms with E-state index in [2.05, 4.69) is 4.98 Å². The lowest BCUT2D eigenvalue weighted by Gasteiger charge is -2.26. The summed E-state index contributed by atoms with van der Waals surface area (Å²) in [5.74, 6) is 0. The van der Waals surface area contributed by atoms with Gasteiger partial charge in [0.1, 0.15) is 4.90 Å². The molecule has 0 aromatic carbocycles. The number of hydrogen-bond acceptors (Lipinski definition) is 4. The second kappa shape index (κ2) is 5.34. The predicted octanol–water partition coefficient (Wildman–Crippen LogP) is 1.21. The van der Waals surface area contributed by atoms with Crippen molar-refractivity contribution in [1.82, 2.24) is 9.29 Å². The van der Waals surface area contributed by atoms with Gasteiger partial charge < -0.3 is 5.73 Å². The van der Waals surface area contributed by atoms with E-state index in [9.17, 15) is 8.42 Å². The van der Waals surface area contributed by atoms with Crippen molar-refractivity contribution in [1.29, 1.82) is 0 Å². The number of nitrogens with two attached hydrogens (primary N) is 1. The van der Waals surface area contributed by atoms with Gasteiger partial charge in [-0.1, -0.05) is 20.8 Å². The van der Waals surface area contributed by atoms with Crippen LogP contribution in [0.15, 0.2) is 23.2 Å². The molecule has 0 radical (unpaired) electrons. The summed E-state index contributed by atoms with van der Waals surface area (Å²) in [6.45, 7) is 6.53. The first kappa shape index (κ1) is 15.1. The van der Waals surface area contributed by atoms with Crippen molar-refractivity contribution in [2.45, 2.75) is 32.2 Å². The SMILES string of the molecule is CN(CC(C)(C)C)S(=O)(=O)c1cccnc1CN. The molecule has 0 fully saturated rings. The van der Waals surface area contributed by atoms with E-state index in [1.165, 1.54) is 4.31 Å². The van der Waals surface area contributed by atoms with Gasteiger partial charge >= 0.3 is 0 Å². The minimum atomic E-state index is -3.52. The van der Waals surface area contributed by atoms with E-state index in [1.807, 2.05) is 20.8 Å². The number of hydrogen-bond donors (Lipinski definition) is 1. The molecule has 5 nitrogen and oxygen atoms in total. The monoisotopic (exact) mass is 271 g/mol. The quantitative estimate of drug-likeness (QED) is 0.893. The maximum absolute atomic E-state index is 12.4. The Balaban J connectivity index is 3.14. The Labute approximate surface area is 109 Å². The van der Waals surface area contributed by atoms with E-state index < -0.39 is 10.0 Å². The molecule has 0 bridgehead atoms. The third kappa shape index (κ3) is 3.51. The highest BCUT2D eigenvalue weighted by Gasteiger charge is 2.27. The Morgan fingerprint density at radius 3 is 2.50 bits per heavy atom. The van der Waals surface area contributed by atoms with Gasteiger partial charge in [0.25, 0.3) is 0 Å². The van der Waals surface area contributed by atoms with E-state index in [1.54, 1.807) is 25.4 Å². The average Bonchev–Trinajstić information content (AvgIpc) is 2.26. The Hall–Kier alpha value is -0.980. The van der Waals surface area contributed by atoms with Crippen LogP contribution in [0.2, 0.25) is 0 Å². The van der Waals surface area contributed by atoms with Crippen LogP contribution in [0.1, 0.15) is 26.5 Å². The zero-order valence-corrected chi connectivity index (χ0v) is 12.2. The second-order valence-corrected chi connectivity index (χ2v) is 7.49. The molecule has 1 rings (SSSR count). The van der Waals surface area contributed by atoms with E-state index in [4.69, 9.17) is 5.73 Å². The van der Waals surface area contributed by atoms with E-state index >= 15 is 0 Å². The van der Waals surface area contributed by atoms with Gasteiger partial charge in [-0.25, -0.2) is 12.7 Å². The molecule has 0 atom stereocenters. The summed E-state index contributed by atoms with van der Waals surface area (Å²) in [6.07, 6.45) is 1.55. The summed E-state index contributed by atoms with van der Waals surface area (Å²) in [6, 6.07) is 3.15. The zero-order chi connectivity index (χ0) is 14.0. The lowest BCUT2D eigenvalue weighted by molar-refractivity contribution is 0.310. The van der Waals surface area contributed by atoms with Crippen LogP contribution in [0.25, 0.3) is 0 Å². The number of nitrogens with zero attached hydrogens (tertiary/aromatic N) is 2. The molecular formula is C12H21N3O2S. The first-order chi connectivity index (χ1) is 8.18. The number of pyridine rings is 1. The van der Waals surface area contributed by atoms with Gasteiger partial charge in [-0.2, -0.15) is 0 Å². The van der Waals surface area contributed by atoms with Crippen LogP contribution in [-0.4, -0.2) is 31.3 Å². The summed E-state index contributed by atoms with van der Waals surface area (Å²) < 4.78 is 26.2. The van der Waals surface area contributed by atoms with Crippen molar-refractivity contribution in [3.8, 4) is 0 Å². The zero-order valence-electron chi connectivity index (χ0n) is 11.3. The Morgan fingerprint density at radius 2 is 2.00 bits per heavy atom. The van der Waals surface area contributed by atoms with Crippen LogP contribution in [0, 0.1) is 5.41 Å². The molecule has 0 spiro atoms. The first-order valence-electron chi connectivity index (χ1n) is 5.79. The molecule has 0 unspecified atom stereocenters. The minimum Gasteiger partial charge on any atom is -0.325 e. The van der Waals surface area contributed by atoms with E-state index in [0.29, 0.717) is 12.2 Å². The normalized spacial score (nSPS) is 13.0. The largest absolute Gasteiger partial charge is 0.325 e. The molecule has 1 aromatic rings. The Kier molecular flexibility index (Phi) is 4.47. The molecule has 0 amide bonds. The van der Waals surface area contributed by atoms with Crippen molar-refractivity contribution in [3.63, 3.8) is 0 Å². The van der Waals surface area contributed by atoms with Crippen LogP contribution in [0.3, 0.4) is 0 Å². The summed E-state index contributed by atoms with van der Waals surface area (Å²) in [5.41, 5.74) is 5.83. The van der Waals surface area contributed by atoms with Crippen LogP contribution in [0.5, 0.6) is 0 Å². The summed E-state index contributed by atoms with van der Waals surface area (Å²) in [4.78, 5) is 4.21. The lowest BCUT2D eigenvalue weighted by Crippen LogP contribution is -2.35. The lowest BCUT2D eigenvalue weighted by atomic mass is 9.97. The van der Waals surface area contributed by atoms with Crippen LogP contribution in [-0.2, 0) is 16.6 Å². The van der Waals surface area contributed by atoms with Gasteiger partial charge in [0.05, 0.1) is 5.69 Å². The molecular weight excluding hydrogens is 250 g/mol. The fourth-order valence-electron chi connectivity index (χ4n) is 1.73. The Morgan fingerprint density at radius 1 is 1.39 bits per heavy atom. The minimum absolute atomic E-state index is 0.104. The summed E-state index contributed by atoms with van der Waals surface area (Å²) in [7, 11) is -1.95. The molecule has 6 heteroatoms. The molecule has 1 heterocycles. The topological polar surface area (TPSA) is 76.3 Å². The maximum Gasteiger partial charge on any atom is 0.244 e. The van der Waals surface area contributed by atoms with Crippen LogP contribution in [0.4, 0.5) is 0 Å². The van der Waals surface area contributed by atoms with Crippen LogP contribution >= 0.6 is 0 Å². The predicted molar refractivity (Wildman–Crippen MR) is 71.4 cm³/mol. The highest BCUT2D eigenvalue weighted by molar-refractivity contribution is 7.89. The summed E-state index contributed by atoms with van der Waals surface area (Å²) >= 11 is 0. The third-order valence-corrected chi connectivity index (χ3v) is 4.30. The van der Waals surface area contributed by atoms with Crippen molar-refractivity contribution in [2.24, 2.45) is 11.1 Å². The number of rotatable bonds is 4. The van der Waals surface area contributed by atoms with E-state index in [-0.39, 0.29) is 16.9 Å². The third-order valence-electron chi connectivity index (χ3n) is 2.43. The molecule has 0 aliphatic rings. The molecule has 0 saturated heterocycles. The fraction of sp³-hybridized carbons (Fsp3) is 0.583. The Bertz CT molecular complexity index is 506. The van der Waals surface area contributed by atoms with Crippen molar-refractivity contribution in [3.05, 3.63) is 24.0 Å². The standard InChI is InChI=1S/C12H21N3O2S/c1-12(2,3)9-15(4)18(16,17)11-6-5-7-14-10(11)8-13/h5-7H,8-9,13H2,1-4H3. The number of aromatic nitrogens is 1. The molecule has 0 saturated carbocycles. The molecule has 1 aromatic heterocycles. The van der Waals surface area contributed by atoms with Gasteiger partial charge in [-0.3, -0.25) is 4.98 Å². The second-order valence-electron chi connectivity index (χ2n) is 5.47. The van der Waals surface area contributed by atoms with Crippen LogP contribution < -0.4 is 5.73 Å². The molecule has 18 heavy (non-hydrogen) atoms. The van der Waals surface area contributed by atoms with Crippen molar-refractivity contribution < 1.29 is 8.42 Å². The molecule has 0 aliphatic heterocycles. The molecule has 0 aliphatic carbocycles. The maximum atomic E-state index is 12.4. The van der Waals surface area contributed by atoms with Gasteiger partial charge in [0.2, 0.25) is 10.0 Å². The van der Waals surface area contributed by atoms with Crippen molar-refractivity contribution in [2.75, 3.05) is 13.6 Å². The summed E-state index contributed by atoms with van der Waals surface area (Å²) in [5, 5.41) is 0. The van der Waals surface area contributed by atoms with Gasteiger partial charge in [0.15, 0.2) is 0 Å². The highest BCUT2D eigenvalue weighted by Crippen LogP contribution is 2.22. The molecule has 102 valence electrons. The van der Waals surface area contributed by atoms with Gasteiger partial charge in [0, 0.05) is 26.3 Å². The van der Waals surface area contributed by atoms with Gasteiger partial charge in [-0.15, -0.1) is 0 Å². The van der Waals surface area contributed by atoms with Gasteiger partial charge in [-0.05, 0) is 17.5 Å². The number of sulfonamides is 1. The van der Waals surface area contributed by atoms with Crippen molar-refractivity contribution >= 4 is 10.0 Å². The first-order valence-corrected chi connectivity index (χ1v) is 7.23. The highest BCUT2D eigenvalue weighted by atomic mass is 32.2. The average molecular weight is 271 g/mol. The smallest absolute Gasteiger partial charge is 0.244 e. The fourth-order valence-corrected chi connectivity index (χ4v) is 3.31.